The smallest absolute Gasteiger partial charge is 0.458 e. The third kappa shape index (κ3) is 8.43. The highest BCUT2D eigenvalue weighted by atomic mass is 19.4. The Kier molecular flexibility index (Phi) is 10.4. The maximum Gasteiger partial charge on any atom is 0.460 e. The largest absolute Gasteiger partial charge is 0.460 e. The van der Waals surface area contributed by atoms with Gasteiger partial charge in [0.1, 0.15) is 13.2 Å². The molecule has 20 heteroatoms. The number of hydrogen-bond acceptors (Lipinski definition) is 6. The highest BCUT2D eigenvalue weighted by Gasteiger charge is 2.72. The summed E-state index contributed by atoms with van der Waals surface area (Å²) in [7, 11) is 0. The third-order valence-electron chi connectivity index (χ3n) is 5.08. The summed E-state index contributed by atoms with van der Waals surface area (Å²) in [6, 6.07) is 4.80. The van der Waals surface area contributed by atoms with Crippen molar-refractivity contribution in [1.29, 1.82) is 0 Å². The molecular weight excluding hydrogens is 646 g/mol. The molecule has 0 saturated carbocycles. The predicted molar refractivity (Wildman–Crippen MR) is 117 cm³/mol. The first-order valence-electron chi connectivity index (χ1n) is 11.2. The monoisotopic (exact) mass is 660 g/mol. The molecule has 2 rings (SSSR count). The van der Waals surface area contributed by atoms with Gasteiger partial charge in [0.15, 0.2) is 0 Å². The van der Waals surface area contributed by atoms with E-state index in [4.69, 9.17) is 0 Å². The topological polar surface area (TPSA) is 78.4 Å². The minimum atomic E-state index is -6.61. The Hall–Kier alpha value is -4.26. The van der Waals surface area contributed by atoms with E-state index in [0.717, 1.165) is 12.4 Å². The summed E-state index contributed by atoms with van der Waals surface area (Å²) in [5.41, 5.74) is 0.161. The van der Waals surface area contributed by atoms with Gasteiger partial charge in [0.05, 0.1) is 11.4 Å². The lowest BCUT2D eigenvalue weighted by Gasteiger charge is -2.25. The first-order chi connectivity index (χ1) is 19.9. The maximum atomic E-state index is 13.3. The molecular formula is C24H14F14N2O4. The van der Waals surface area contributed by atoms with E-state index in [2.05, 4.69) is 19.4 Å². The van der Waals surface area contributed by atoms with Crippen LogP contribution in [0.25, 0.3) is 11.4 Å². The van der Waals surface area contributed by atoms with Crippen molar-refractivity contribution in [3.05, 3.63) is 72.1 Å². The molecule has 0 atom stereocenters. The van der Waals surface area contributed by atoms with Crippen molar-refractivity contribution in [3.63, 3.8) is 0 Å². The van der Waals surface area contributed by atoms with Gasteiger partial charge in [0.2, 0.25) is 0 Å². The van der Waals surface area contributed by atoms with Gasteiger partial charge in [-0.05, 0) is 47.5 Å². The zero-order valence-corrected chi connectivity index (χ0v) is 21.0. The fourth-order valence-electron chi connectivity index (χ4n) is 2.75. The number of halogens is 14. The molecule has 0 aliphatic heterocycles. The van der Waals surface area contributed by atoms with E-state index in [1.54, 1.807) is 0 Å². The highest BCUT2D eigenvalue weighted by Crippen LogP contribution is 2.48. The van der Waals surface area contributed by atoms with Gasteiger partial charge in [0, 0.05) is 24.5 Å². The summed E-state index contributed by atoms with van der Waals surface area (Å²) in [6.45, 7) is -1.44. The van der Waals surface area contributed by atoms with Gasteiger partial charge in [-0.15, -0.1) is 0 Å². The summed E-state index contributed by atoms with van der Waals surface area (Å²) >= 11 is 0. The van der Waals surface area contributed by atoms with Crippen molar-refractivity contribution >= 4 is 11.9 Å². The third-order valence-corrected chi connectivity index (χ3v) is 5.08. The molecule has 0 spiro atoms. The fraction of sp³-hybridized carbons (Fsp3) is 0.333. The number of hydrogen-bond donors (Lipinski definition) is 0. The second kappa shape index (κ2) is 12.8. The van der Waals surface area contributed by atoms with E-state index in [1.165, 1.54) is 24.3 Å². The van der Waals surface area contributed by atoms with Crippen LogP contribution in [0.2, 0.25) is 0 Å². The van der Waals surface area contributed by atoms with E-state index in [0.29, 0.717) is 0 Å². The summed E-state index contributed by atoms with van der Waals surface area (Å²) < 4.78 is 186. The minimum absolute atomic E-state index is 0.00698. The van der Waals surface area contributed by atoms with Crippen LogP contribution >= 0.6 is 0 Å². The second-order valence-electron chi connectivity index (χ2n) is 8.37. The van der Waals surface area contributed by atoms with Gasteiger partial charge in [0.25, 0.3) is 0 Å². The van der Waals surface area contributed by atoms with Crippen molar-refractivity contribution in [2.24, 2.45) is 0 Å². The van der Waals surface area contributed by atoms with E-state index >= 15 is 0 Å². The first-order valence-corrected chi connectivity index (χ1v) is 11.2. The molecule has 242 valence electrons. The number of aromatic nitrogens is 2. The van der Waals surface area contributed by atoms with Gasteiger partial charge < -0.3 is 9.47 Å². The van der Waals surface area contributed by atoms with Crippen LogP contribution in [-0.4, -0.2) is 57.9 Å². The lowest BCUT2D eigenvalue weighted by molar-refractivity contribution is -0.342. The zero-order valence-electron chi connectivity index (χ0n) is 21.0. The van der Waals surface area contributed by atoms with Crippen molar-refractivity contribution < 1.29 is 80.5 Å². The molecule has 0 unspecified atom stereocenters. The molecule has 0 aliphatic carbocycles. The van der Waals surface area contributed by atoms with Crippen molar-refractivity contribution in [1.82, 2.24) is 9.97 Å². The van der Waals surface area contributed by atoms with Crippen LogP contribution in [0.15, 0.2) is 61.0 Å². The average molecular weight is 660 g/mol. The lowest BCUT2D eigenvalue weighted by atomic mass is 10.1. The van der Waals surface area contributed by atoms with Crippen LogP contribution in [0.1, 0.15) is 11.1 Å². The van der Waals surface area contributed by atoms with Gasteiger partial charge >= 0.3 is 48.0 Å². The Morgan fingerprint density at radius 1 is 0.591 bits per heavy atom. The summed E-state index contributed by atoms with van der Waals surface area (Å²) in [6.07, 6.45) is -13.6. The predicted octanol–water partition coefficient (Wildman–Crippen LogP) is 7.01. The van der Waals surface area contributed by atoms with Gasteiger partial charge in [-0.3, -0.25) is 9.97 Å². The quantitative estimate of drug-likeness (QED) is 0.147. The molecule has 0 aliphatic rings. The molecule has 0 aromatic carbocycles. The van der Waals surface area contributed by atoms with Crippen LogP contribution < -0.4 is 0 Å². The van der Waals surface area contributed by atoms with Crippen LogP contribution in [0.3, 0.4) is 0 Å². The molecule has 0 bridgehead atoms. The number of nitrogens with zero attached hydrogens (tertiary/aromatic N) is 2. The maximum absolute atomic E-state index is 13.3. The average Bonchev–Trinajstić information content (AvgIpc) is 2.91. The molecule has 2 heterocycles. The molecule has 2 aromatic heterocycles. The number of alkyl halides is 14. The minimum Gasteiger partial charge on any atom is -0.458 e. The normalized spacial score (nSPS) is 13.9. The van der Waals surface area contributed by atoms with E-state index in [-0.39, 0.29) is 34.7 Å². The van der Waals surface area contributed by atoms with Crippen LogP contribution in [0, 0.1) is 0 Å². The Labute approximate surface area is 236 Å². The van der Waals surface area contributed by atoms with Gasteiger partial charge in [-0.2, -0.15) is 61.5 Å². The number of esters is 2. The highest BCUT2D eigenvalue weighted by molar-refractivity contribution is 5.82. The Morgan fingerprint density at radius 2 is 0.909 bits per heavy atom. The SMILES string of the molecule is O=C(/C=C/C(F)(F)C(F)(F)C(F)(F)F)OCc1ccnc(-c2cc(COC(=O)/C=C/C(F)(F)C(F)(F)C(F)(F)F)ccn2)c1. The number of ether oxygens (including phenoxy) is 2. The number of pyridine rings is 2. The molecule has 0 N–H and O–H groups in total. The molecule has 0 amide bonds. The molecule has 0 fully saturated rings. The zero-order chi connectivity index (χ0) is 33.8. The van der Waals surface area contributed by atoms with Crippen LogP contribution in [0.5, 0.6) is 0 Å². The number of rotatable bonds is 11. The second-order valence-corrected chi connectivity index (χ2v) is 8.37. The summed E-state index contributed by atoms with van der Waals surface area (Å²) in [5, 5.41) is 0. The number of allylic oxidation sites excluding steroid dienone is 2. The summed E-state index contributed by atoms with van der Waals surface area (Å²) in [4.78, 5) is 31.0. The molecule has 0 saturated heterocycles. The Bertz CT molecular complexity index is 1300. The van der Waals surface area contributed by atoms with Crippen LogP contribution in [-0.2, 0) is 32.3 Å². The Balaban J connectivity index is 2.04. The van der Waals surface area contributed by atoms with Crippen molar-refractivity contribution in [3.8, 4) is 11.4 Å². The standard InChI is InChI=1S/C24H14F14N2O4/c25-19(26,21(29,30)23(33,34)35)5-1-17(41)43-11-13-3-7-39-15(9-13)16-10-14(4-8-40-16)12-44-18(42)2-6-20(27,28)22(31,32)24(36,37)38/h1-10H,11-12H2/b5-1+,6-2+. The number of carbonyl (C=O) groups excluding carboxylic acids is 2. The molecule has 6 nitrogen and oxygen atoms in total. The van der Waals surface area contributed by atoms with Crippen LogP contribution in [0.4, 0.5) is 61.5 Å². The number of carbonyl (C=O) groups is 2. The summed E-state index contributed by atoms with van der Waals surface area (Å²) in [5.74, 6) is -27.9. The van der Waals surface area contributed by atoms with E-state index in [1.807, 2.05) is 0 Å². The molecule has 0 radical (unpaired) electrons. The van der Waals surface area contributed by atoms with Gasteiger partial charge in [-0.25, -0.2) is 9.59 Å². The molecule has 44 heavy (non-hydrogen) atoms. The van der Waals surface area contributed by atoms with E-state index < -0.39 is 73.3 Å². The van der Waals surface area contributed by atoms with Crippen molar-refractivity contribution in [2.75, 3.05) is 0 Å². The lowest BCUT2D eigenvalue weighted by Crippen LogP contribution is -2.50. The Morgan fingerprint density at radius 3 is 1.20 bits per heavy atom. The van der Waals surface area contributed by atoms with Crippen molar-refractivity contribution in [2.45, 2.75) is 49.3 Å². The van der Waals surface area contributed by atoms with Gasteiger partial charge in [-0.1, -0.05) is 0 Å². The fourth-order valence-corrected chi connectivity index (χ4v) is 2.75. The van der Waals surface area contributed by atoms with E-state index in [9.17, 15) is 71.1 Å². The first kappa shape index (κ1) is 35.9. The molecule has 2 aromatic rings.